The van der Waals surface area contributed by atoms with Crippen LogP contribution in [0.25, 0.3) is 0 Å². The molecule has 1 saturated carbocycles. The highest BCUT2D eigenvalue weighted by atomic mass is 16.5. The van der Waals surface area contributed by atoms with E-state index >= 15 is 0 Å². The van der Waals surface area contributed by atoms with Gasteiger partial charge in [-0.25, -0.2) is 0 Å². The Morgan fingerprint density at radius 2 is 2.22 bits per heavy atom. The molecule has 2 fully saturated rings. The quantitative estimate of drug-likeness (QED) is 0.712. The number of hydrogen-bond donors (Lipinski definition) is 1. The Bertz CT molecular complexity index is 261. The van der Waals surface area contributed by atoms with E-state index in [1.807, 2.05) is 0 Å². The lowest BCUT2D eigenvalue weighted by Crippen LogP contribution is -2.41. The first-order valence-electron chi connectivity index (χ1n) is 7.38. The van der Waals surface area contributed by atoms with Gasteiger partial charge in [-0.2, -0.15) is 0 Å². The van der Waals surface area contributed by atoms with E-state index in [0.717, 1.165) is 44.9 Å². The predicted octanol–water partition coefficient (Wildman–Crippen LogP) is 1.40. The summed E-state index contributed by atoms with van der Waals surface area (Å²) in [7, 11) is 0. The summed E-state index contributed by atoms with van der Waals surface area (Å²) in [6.07, 6.45) is 6.27. The first kappa shape index (κ1) is 13.8. The van der Waals surface area contributed by atoms with Crippen molar-refractivity contribution in [3.8, 4) is 0 Å². The Kier molecular flexibility index (Phi) is 5.45. The molecular formula is C14H26N2O2. The van der Waals surface area contributed by atoms with E-state index in [2.05, 4.69) is 17.1 Å². The molecule has 2 aliphatic rings. The predicted molar refractivity (Wildman–Crippen MR) is 71.4 cm³/mol. The van der Waals surface area contributed by atoms with Crippen LogP contribution >= 0.6 is 0 Å². The zero-order valence-corrected chi connectivity index (χ0v) is 11.5. The number of carbonyl (C=O) groups is 1. The summed E-state index contributed by atoms with van der Waals surface area (Å²) in [5.41, 5.74) is 0. The lowest BCUT2D eigenvalue weighted by molar-refractivity contribution is -0.122. The van der Waals surface area contributed by atoms with Gasteiger partial charge in [0.05, 0.1) is 12.6 Å². The molecule has 1 heterocycles. The fraction of sp³-hybridized carbons (Fsp3) is 0.929. The van der Waals surface area contributed by atoms with E-state index in [1.165, 1.54) is 12.8 Å². The zero-order valence-electron chi connectivity index (χ0n) is 11.5. The second-order valence-electron chi connectivity index (χ2n) is 5.62. The van der Waals surface area contributed by atoms with Gasteiger partial charge in [-0.05, 0) is 44.6 Å². The first-order chi connectivity index (χ1) is 8.78. The van der Waals surface area contributed by atoms with Gasteiger partial charge < -0.3 is 10.1 Å². The summed E-state index contributed by atoms with van der Waals surface area (Å²) in [6, 6.07) is 0. The molecule has 1 aliphatic heterocycles. The van der Waals surface area contributed by atoms with Gasteiger partial charge in [0.15, 0.2) is 0 Å². The Morgan fingerprint density at radius 3 is 2.83 bits per heavy atom. The number of carbonyl (C=O) groups excluding carboxylic acids is 1. The number of hydrogen-bond acceptors (Lipinski definition) is 3. The Labute approximate surface area is 110 Å². The maximum atomic E-state index is 11.9. The highest BCUT2D eigenvalue weighted by molar-refractivity contribution is 5.78. The minimum atomic E-state index is 0.152. The third kappa shape index (κ3) is 4.94. The lowest BCUT2D eigenvalue weighted by atomic mass is 10.2. The molecular weight excluding hydrogens is 228 g/mol. The van der Waals surface area contributed by atoms with Crippen LogP contribution < -0.4 is 5.32 Å². The van der Waals surface area contributed by atoms with E-state index in [-0.39, 0.29) is 12.0 Å². The molecule has 1 unspecified atom stereocenters. The van der Waals surface area contributed by atoms with Crippen molar-refractivity contribution in [3.05, 3.63) is 0 Å². The number of amides is 1. The molecule has 0 radical (unpaired) electrons. The van der Waals surface area contributed by atoms with Crippen LogP contribution in [-0.4, -0.2) is 49.7 Å². The van der Waals surface area contributed by atoms with Crippen LogP contribution in [0.15, 0.2) is 0 Å². The smallest absolute Gasteiger partial charge is 0.234 e. The number of ether oxygens (including phenoxy) is 1. The summed E-state index contributed by atoms with van der Waals surface area (Å²) in [5.74, 6) is 1.00. The van der Waals surface area contributed by atoms with Gasteiger partial charge in [-0.1, -0.05) is 6.92 Å². The molecule has 0 aromatic rings. The molecule has 1 atom stereocenters. The minimum absolute atomic E-state index is 0.152. The van der Waals surface area contributed by atoms with Gasteiger partial charge in [-0.15, -0.1) is 0 Å². The molecule has 1 amide bonds. The van der Waals surface area contributed by atoms with Gasteiger partial charge >= 0.3 is 0 Å². The van der Waals surface area contributed by atoms with Crippen molar-refractivity contribution in [2.75, 3.05) is 32.8 Å². The zero-order chi connectivity index (χ0) is 12.8. The monoisotopic (exact) mass is 254 g/mol. The molecule has 0 aromatic carbocycles. The summed E-state index contributed by atoms with van der Waals surface area (Å²) in [4.78, 5) is 14.2. The van der Waals surface area contributed by atoms with E-state index in [9.17, 15) is 4.79 Å². The van der Waals surface area contributed by atoms with Crippen molar-refractivity contribution >= 4 is 5.91 Å². The SMILES string of the molecule is CCCN(CC(=O)NCC1CCCO1)CC1CC1. The third-order valence-electron chi connectivity index (χ3n) is 3.67. The Morgan fingerprint density at radius 1 is 1.39 bits per heavy atom. The van der Waals surface area contributed by atoms with Gasteiger partial charge in [0.2, 0.25) is 5.91 Å². The van der Waals surface area contributed by atoms with Crippen LogP contribution in [0, 0.1) is 5.92 Å². The molecule has 1 N–H and O–H groups in total. The molecule has 18 heavy (non-hydrogen) atoms. The van der Waals surface area contributed by atoms with Crippen LogP contribution in [0.5, 0.6) is 0 Å². The minimum Gasteiger partial charge on any atom is -0.376 e. The van der Waals surface area contributed by atoms with Crippen molar-refractivity contribution in [1.82, 2.24) is 10.2 Å². The molecule has 0 spiro atoms. The second kappa shape index (κ2) is 7.10. The molecule has 4 nitrogen and oxygen atoms in total. The van der Waals surface area contributed by atoms with Crippen molar-refractivity contribution < 1.29 is 9.53 Å². The van der Waals surface area contributed by atoms with Gasteiger partial charge in [0.1, 0.15) is 0 Å². The van der Waals surface area contributed by atoms with Crippen molar-refractivity contribution in [2.24, 2.45) is 5.92 Å². The fourth-order valence-corrected chi connectivity index (χ4v) is 2.51. The van der Waals surface area contributed by atoms with E-state index in [0.29, 0.717) is 13.1 Å². The summed E-state index contributed by atoms with van der Waals surface area (Å²) in [6.45, 7) is 6.39. The molecule has 4 heteroatoms. The number of nitrogens with one attached hydrogen (secondary N) is 1. The molecule has 1 aliphatic carbocycles. The molecule has 0 aromatic heterocycles. The van der Waals surface area contributed by atoms with Crippen LogP contribution in [0.3, 0.4) is 0 Å². The average Bonchev–Trinajstić information content (AvgIpc) is 3.00. The van der Waals surface area contributed by atoms with Crippen molar-refractivity contribution in [2.45, 2.75) is 45.1 Å². The summed E-state index contributed by atoms with van der Waals surface area (Å²) >= 11 is 0. The van der Waals surface area contributed by atoms with Gasteiger partial charge in [-0.3, -0.25) is 9.69 Å². The summed E-state index contributed by atoms with van der Waals surface area (Å²) in [5, 5.41) is 3.00. The molecule has 1 saturated heterocycles. The van der Waals surface area contributed by atoms with Crippen LogP contribution in [0.1, 0.15) is 39.0 Å². The maximum Gasteiger partial charge on any atom is 0.234 e. The highest BCUT2D eigenvalue weighted by Gasteiger charge is 2.25. The Hall–Kier alpha value is -0.610. The van der Waals surface area contributed by atoms with Gasteiger partial charge in [0, 0.05) is 19.7 Å². The van der Waals surface area contributed by atoms with Crippen LogP contribution in [-0.2, 0) is 9.53 Å². The van der Waals surface area contributed by atoms with E-state index in [1.54, 1.807) is 0 Å². The topological polar surface area (TPSA) is 41.6 Å². The molecule has 2 rings (SSSR count). The van der Waals surface area contributed by atoms with Crippen LogP contribution in [0.4, 0.5) is 0 Å². The number of nitrogens with zero attached hydrogens (tertiary/aromatic N) is 1. The second-order valence-corrected chi connectivity index (χ2v) is 5.62. The van der Waals surface area contributed by atoms with Crippen molar-refractivity contribution in [3.63, 3.8) is 0 Å². The molecule has 0 bridgehead atoms. The van der Waals surface area contributed by atoms with E-state index < -0.39 is 0 Å². The van der Waals surface area contributed by atoms with Crippen molar-refractivity contribution in [1.29, 1.82) is 0 Å². The largest absolute Gasteiger partial charge is 0.376 e. The highest BCUT2D eigenvalue weighted by Crippen LogP contribution is 2.29. The van der Waals surface area contributed by atoms with E-state index in [4.69, 9.17) is 4.74 Å². The number of rotatable bonds is 8. The third-order valence-corrected chi connectivity index (χ3v) is 3.67. The fourth-order valence-electron chi connectivity index (χ4n) is 2.51. The standard InChI is InChI=1S/C14H26N2O2/c1-2-7-16(10-12-5-6-12)11-14(17)15-9-13-4-3-8-18-13/h12-13H,2-11H2,1H3,(H,15,17). The average molecular weight is 254 g/mol. The van der Waals surface area contributed by atoms with Crippen LogP contribution in [0.2, 0.25) is 0 Å². The first-order valence-corrected chi connectivity index (χ1v) is 7.38. The maximum absolute atomic E-state index is 11.9. The normalized spacial score (nSPS) is 23.6. The lowest BCUT2D eigenvalue weighted by Gasteiger charge is -2.21. The molecule has 104 valence electrons. The van der Waals surface area contributed by atoms with Gasteiger partial charge in [0.25, 0.3) is 0 Å². The summed E-state index contributed by atoms with van der Waals surface area (Å²) < 4.78 is 5.50. The Balaban J connectivity index is 1.63.